The molecule has 1 atom stereocenters. The van der Waals surface area contributed by atoms with E-state index in [9.17, 15) is 4.79 Å². The number of hydrogen-bond acceptors (Lipinski definition) is 3. The van der Waals surface area contributed by atoms with E-state index in [0.29, 0.717) is 12.5 Å². The summed E-state index contributed by atoms with van der Waals surface area (Å²) in [6, 6.07) is 0. The van der Waals surface area contributed by atoms with Crippen LogP contribution in [0.15, 0.2) is 0 Å². The van der Waals surface area contributed by atoms with Crippen molar-refractivity contribution in [3.63, 3.8) is 0 Å². The number of carbonyl (C=O) groups excluding carboxylic acids is 1. The van der Waals surface area contributed by atoms with Crippen molar-refractivity contribution in [1.82, 2.24) is 5.32 Å². The SMILES string of the molecule is CCCC(C)CNCC(=O)OC(C)(C)C. The zero-order chi connectivity index (χ0) is 11.9. The van der Waals surface area contributed by atoms with Crippen molar-refractivity contribution in [2.45, 2.75) is 53.1 Å². The summed E-state index contributed by atoms with van der Waals surface area (Å²) in [6.45, 7) is 11.2. The molecule has 0 aliphatic rings. The van der Waals surface area contributed by atoms with Crippen molar-refractivity contribution in [3.8, 4) is 0 Å². The summed E-state index contributed by atoms with van der Waals surface area (Å²) in [5, 5.41) is 3.12. The van der Waals surface area contributed by atoms with Crippen LogP contribution in [0.1, 0.15) is 47.5 Å². The Morgan fingerprint density at radius 2 is 2.00 bits per heavy atom. The van der Waals surface area contributed by atoms with Gasteiger partial charge in [-0.2, -0.15) is 0 Å². The highest BCUT2D eigenvalue weighted by molar-refractivity contribution is 5.72. The van der Waals surface area contributed by atoms with Crippen LogP contribution in [0.4, 0.5) is 0 Å². The summed E-state index contributed by atoms with van der Waals surface area (Å²) in [6.07, 6.45) is 2.39. The first-order chi connectivity index (χ1) is 6.85. The van der Waals surface area contributed by atoms with Gasteiger partial charge >= 0.3 is 5.97 Å². The minimum atomic E-state index is -0.381. The minimum Gasteiger partial charge on any atom is -0.459 e. The molecule has 0 aromatic rings. The quantitative estimate of drug-likeness (QED) is 0.691. The Morgan fingerprint density at radius 3 is 2.47 bits per heavy atom. The van der Waals surface area contributed by atoms with Gasteiger partial charge in [0, 0.05) is 0 Å². The standard InChI is InChI=1S/C12H25NO2/c1-6-7-10(2)8-13-9-11(14)15-12(3,4)5/h10,13H,6-9H2,1-5H3. The molecule has 1 N–H and O–H groups in total. The van der Waals surface area contributed by atoms with Crippen LogP contribution < -0.4 is 5.32 Å². The second-order valence-corrected chi connectivity index (χ2v) is 5.11. The maximum Gasteiger partial charge on any atom is 0.320 e. The van der Waals surface area contributed by atoms with E-state index in [0.717, 1.165) is 6.54 Å². The lowest BCUT2D eigenvalue weighted by atomic mass is 10.1. The predicted molar refractivity (Wildman–Crippen MR) is 62.8 cm³/mol. The topological polar surface area (TPSA) is 38.3 Å². The zero-order valence-electron chi connectivity index (χ0n) is 10.7. The largest absolute Gasteiger partial charge is 0.459 e. The first-order valence-corrected chi connectivity index (χ1v) is 5.77. The van der Waals surface area contributed by atoms with Crippen LogP contribution in [0.2, 0.25) is 0 Å². The molecular weight excluding hydrogens is 190 g/mol. The summed E-state index contributed by atoms with van der Waals surface area (Å²) in [5.41, 5.74) is -0.381. The summed E-state index contributed by atoms with van der Waals surface area (Å²) >= 11 is 0. The van der Waals surface area contributed by atoms with E-state index in [1.807, 2.05) is 20.8 Å². The number of hydrogen-bond donors (Lipinski definition) is 1. The van der Waals surface area contributed by atoms with E-state index in [-0.39, 0.29) is 11.6 Å². The molecular formula is C12H25NO2. The number of carbonyl (C=O) groups is 1. The molecule has 15 heavy (non-hydrogen) atoms. The van der Waals surface area contributed by atoms with Gasteiger partial charge in [0.2, 0.25) is 0 Å². The molecule has 0 aromatic carbocycles. The van der Waals surface area contributed by atoms with Gasteiger partial charge in [0.1, 0.15) is 5.60 Å². The second kappa shape index (κ2) is 6.83. The van der Waals surface area contributed by atoms with Crippen LogP contribution in [-0.4, -0.2) is 24.7 Å². The number of nitrogens with one attached hydrogen (secondary N) is 1. The highest BCUT2D eigenvalue weighted by Gasteiger charge is 2.15. The van der Waals surface area contributed by atoms with Crippen LogP contribution in [0, 0.1) is 5.92 Å². The molecule has 0 aromatic heterocycles. The van der Waals surface area contributed by atoms with Gasteiger partial charge in [0.05, 0.1) is 6.54 Å². The Balaban J connectivity index is 3.55. The minimum absolute atomic E-state index is 0.175. The monoisotopic (exact) mass is 215 g/mol. The molecule has 1 unspecified atom stereocenters. The molecule has 3 heteroatoms. The third kappa shape index (κ3) is 9.73. The van der Waals surface area contributed by atoms with Crippen LogP contribution in [0.5, 0.6) is 0 Å². The Kier molecular flexibility index (Phi) is 6.57. The number of esters is 1. The normalized spacial score (nSPS) is 13.7. The van der Waals surface area contributed by atoms with Gasteiger partial charge in [0.25, 0.3) is 0 Å². The van der Waals surface area contributed by atoms with Crippen molar-refractivity contribution in [2.75, 3.05) is 13.1 Å². The van der Waals surface area contributed by atoms with Crippen molar-refractivity contribution in [1.29, 1.82) is 0 Å². The molecule has 0 heterocycles. The van der Waals surface area contributed by atoms with Crippen molar-refractivity contribution in [2.24, 2.45) is 5.92 Å². The van der Waals surface area contributed by atoms with Crippen LogP contribution >= 0.6 is 0 Å². The van der Waals surface area contributed by atoms with Gasteiger partial charge in [-0.1, -0.05) is 20.3 Å². The summed E-state index contributed by atoms with van der Waals surface area (Å²) in [7, 11) is 0. The third-order valence-corrected chi connectivity index (χ3v) is 1.96. The summed E-state index contributed by atoms with van der Waals surface area (Å²) < 4.78 is 5.18. The predicted octanol–water partition coefficient (Wildman–Crippen LogP) is 2.35. The fourth-order valence-electron chi connectivity index (χ4n) is 1.39. The average molecular weight is 215 g/mol. The van der Waals surface area contributed by atoms with E-state index in [1.165, 1.54) is 12.8 Å². The molecule has 0 saturated carbocycles. The van der Waals surface area contributed by atoms with Gasteiger partial charge in [-0.15, -0.1) is 0 Å². The molecule has 0 fully saturated rings. The van der Waals surface area contributed by atoms with E-state index >= 15 is 0 Å². The van der Waals surface area contributed by atoms with Gasteiger partial charge in [0.15, 0.2) is 0 Å². The van der Waals surface area contributed by atoms with Crippen LogP contribution in [-0.2, 0) is 9.53 Å². The molecule has 0 radical (unpaired) electrons. The third-order valence-electron chi connectivity index (χ3n) is 1.96. The summed E-state index contributed by atoms with van der Waals surface area (Å²) in [4.78, 5) is 11.3. The fourth-order valence-corrected chi connectivity index (χ4v) is 1.39. The van der Waals surface area contributed by atoms with E-state index in [2.05, 4.69) is 19.2 Å². The van der Waals surface area contributed by atoms with Crippen molar-refractivity contribution < 1.29 is 9.53 Å². The number of ether oxygens (including phenoxy) is 1. The molecule has 3 nitrogen and oxygen atoms in total. The lowest BCUT2D eigenvalue weighted by Gasteiger charge is -2.20. The van der Waals surface area contributed by atoms with Gasteiger partial charge in [-0.25, -0.2) is 0 Å². The lowest BCUT2D eigenvalue weighted by Crippen LogP contribution is -2.33. The first kappa shape index (κ1) is 14.4. The number of rotatable bonds is 6. The van der Waals surface area contributed by atoms with E-state index < -0.39 is 0 Å². The second-order valence-electron chi connectivity index (χ2n) is 5.11. The Bertz CT molecular complexity index is 185. The molecule has 0 aliphatic carbocycles. The molecule has 90 valence electrons. The maximum atomic E-state index is 11.3. The van der Waals surface area contributed by atoms with Crippen molar-refractivity contribution in [3.05, 3.63) is 0 Å². The average Bonchev–Trinajstić information content (AvgIpc) is 2.00. The van der Waals surface area contributed by atoms with E-state index in [4.69, 9.17) is 4.74 Å². The van der Waals surface area contributed by atoms with E-state index in [1.54, 1.807) is 0 Å². The van der Waals surface area contributed by atoms with Crippen molar-refractivity contribution >= 4 is 5.97 Å². The Morgan fingerprint density at radius 1 is 1.40 bits per heavy atom. The van der Waals surface area contributed by atoms with Crippen LogP contribution in [0.25, 0.3) is 0 Å². The van der Waals surface area contributed by atoms with Gasteiger partial charge < -0.3 is 10.1 Å². The smallest absolute Gasteiger partial charge is 0.320 e. The molecule has 0 bridgehead atoms. The summed E-state index contributed by atoms with van der Waals surface area (Å²) in [5.74, 6) is 0.448. The lowest BCUT2D eigenvalue weighted by molar-refractivity contribution is -0.153. The molecule has 0 amide bonds. The Labute approximate surface area is 93.6 Å². The maximum absolute atomic E-state index is 11.3. The molecule has 0 saturated heterocycles. The van der Waals surface area contributed by atoms with Gasteiger partial charge in [-0.05, 0) is 39.7 Å². The first-order valence-electron chi connectivity index (χ1n) is 5.77. The fraction of sp³-hybridized carbons (Fsp3) is 0.917. The molecule has 0 rings (SSSR count). The van der Waals surface area contributed by atoms with Crippen LogP contribution in [0.3, 0.4) is 0 Å². The van der Waals surface area contributed by atoms with Gasteiger partial charge in [-0.3, -0.25) is 4.79 Å². The molecule has 0 spiro atoms. The Hall–Kier alpha value is -0.570. The highest BCUT2D eigenvalue weighted by Crippen LogP contribution is 2.06. The highest BCUT2D eigenvalue weighted by atomic mass is 16.6. The zero-order valence-corrected chi connectivity index (χ0v) is 10.7. The molecule has 0 aliphatic heterocycles.